The number of aromatic nitrogens is 4. The van der Waals surface area contributed by atoms with Crippen molar-refractivity contribution in [3.63, 3.8) is 0 Å². The van der Waals surface area contributed by atoms with Crippen molar-refractivity contribution in [3.8, 4) is 23.1 Å². The van der Waals surface area contributed by atoms with E-state index in [4.69, 9.17) is 9.47 Å². The summed E-state index contributed by atoms with van der Waals surface area (Å²) in [5.74, 6) is 2.37. The standard InChI is InChI=1S/C45H50BF2N9O4/c1-32-27-33(2)56-41(32)28-35-11-10-34(57(35)46(56,47)48)12-17-42(58)49-19-22-53-25-23-52(24-26-53)20-6-9-43(59)54-29-36(30-54)55-21-18-40-44(55)45(51-31-50-40)61-39-15-13-38(14-16-39)60-37-7-4-3-5-8-37/h3-11,13-16,18,21,27,31,36,41H,12,17,19-20,22-26,28-30H2,1-2H3,(H,49,58)/b9-6+. The Morgan fingerprint density at radius 2 is 1.62 bits per heavy atom. The number of rotatable bonds is 14. The maximum Gasteiger partial charge on any atom is 0.732 e. The first kappa shape index (κ1) is 40.3. The van der Waals surface area contributed by atoms with E-state index in [9.17, 15) is 9.59 Å². The van der Waals surface area contributed by atoms with Crippen molar-refractivity contribution >= 4 is 35.5 Å². The molecule has 13 nitrogen and oxygen atoms in total. The number of likely N-dealkylation sites (tertiary alicyclic amines) is 1. The van der Waals surface area contributed by atoms with E-state index in [0.717, 1.165) is 55.1 Å². The Morgan fingerprint density at radius 3 is 2.39 bits per heavy atom. The number of aryl methyl sites for hydroxylation is 1. The van der Waals surface area contributed by atoms with E-state index in [1.807, 2.05) is 90.8 Å². The van der Waals surface area contributed by atoms with Crippen LogP contribution in [-0.2, 0) is 22.4 Å². The van der Waals surface area contributed by atoms with Gasteiger partial charge in [0, 0.05) is 97.0 Å². The van der Waals surface area contributed by atoms with Gasteiger partial charge in [-0.1, -0.05) is 24.3 Å². The minimum atomic E-state index is -3.97. The highest BCUT2D eigenvalue weighted by Gasteiger charge is 2.55. The number of carbonyl (C=O) groups is 2. The lowest BCUT2D eigenvalue weighted by Crippen LogP contribution is -2.57. The van der Waals surface area contributed by atoms with Gasteiger partial charge in [-0.3, -0.25) is 19.4 Å². The molecular weight excluding hydrogens is 779 g/mol. The zero-order chi connectivity index (χ0) is 42.1. The average Bonchev–Trinajstić information content (AvgIpc) is 3.94. The molecule has 2 amide bonds. The van der Waals surface area contributed by atoms with Crippen LogP contribution in [0.1, 0.15) is 37.7 Å². The van der Waals surface area contributed by atoms with Gasteiger partial charge in [0.2, 0.25) is 17.7 Å². The first-order valence-electron chi connectivity index (χ1n) is 21.1. The molecule has 3 aromatic heterocycles. The third kappa shape index (κ3) is 8.46. The average molecular weight is 830 g/mol. The maximum atomic E-state index is 15.7. The molecule has 5 aromatic rings. The third-order valence-electron chi connectivity index (χ3n) is 12.3. The summed E-state index contributed by atoms with van der Waals surface area (Å²) in [5.41, 5.74) is 4.24. The van der Waals surface area contributed by atoms with Gasteiger partial charge >= 0.3 is 6.97 Å². The highest BCUT2D eigenvalue weighted by molar-refractivity contribution is 6.57. The zero-order valence-corrected chi connectivity index (χ0v) is 34.5. The summed E-state index contributed by atoms with van der Waals surface area (Å²) in [5, 5.41) is 2.98. The van der Waals surface area contributed by atoms with Crippen LogP contribution in [0, 0.1) is 0 Å². The summed E-state index contributed by atoms with van der Waals surface area (Å²) >= 11 is 0. The molecule has 2 saturated heterocycles. The summed E-state index contributed by atoms with van der Waals surface area (Å²) < 4.78 is 48.2. The molecule has 7 heterocycles. The maximum absolute atomic E-state index is 15.7. The number of amides is 2. The smallest absolute Gasteiger partial charge is 0.457 e. The number of nitrogens with one attached hydrogen (secondary N) is 1. The molecule has 9 rings (SSSR count). The van der Waals surface area contributed by atoms with Crippen molar-refractivity contribution in [2.24, 2.45) is 0 Å². The number of allylic oxidation sites excluding steroid dienone is 1. The molecule has 0 aliphatic carbocycles. The van der Waals surface area contributed by atoms with Gasteiger partial charge in [0.1, 0.15) is 40.8 Å². The summed E-state index contributed by atoms with van der Waals surface area (Å²) in [7, 11) is 0. The number of carbonyl (C=O) groups excluding carboxylic acids is 2. The zero-order valence-electron chi connectivity index (χ0n) is 34.5. The third-order valence-corrected chi connectivity index (χ3v) is 12.3. The van der Waals surface area contributed by atoms with Crippen LogP contribution < -0.4 is 14.8 Å². The van der Waals surface area contributed by atoms with Crippen molar-refractivity contribution in [2.75, 3.05) is 58.9 Å². The van der Waals surface area contributed by atoms with Crippen LogP contribution >= 0.6 is 0 Å². The molecule has 316 valence electrons. The Balaban J connectivity index is 0.681. The van der Waals surface area contributed by atoms with E-state index < -0.39 is 6.97 Å². The van der Waals surface area contributed by atoms with Gasteiger partial charge in [-0.05, 0) is 84.9 Å². The molecular formula is C45H50BF2N9O4. The molecule has 2 aromatic carbocycles. The van der Waals surface area contributed by atoms with Gasteiger partial charge in [-0.25, -0.2) is 4.98 Å². The normalized spacial score (nSPS) is 19.2. The summed E-state index contributed by atoms with van der Waals surface area (Å²) in [4.78, 5) is 41.1. The second-order valence-corrected chi connectivity index (χ2v) is 16.3. The number of halogens is 2. The van der Waals surface area contributed by atoms with Crippen LogP contribution in [0.15, 0.2) is 109 Å². The van der Waals surface area contributed by atoms with Gasteiger partial charge < -0.3 is 41.9 Å². The van der Waals surface area contributed by atoms with E-state index in [1.54, 1.807) is 25.1 Å². The Labute approximate surface area is 353 Å². The predicted octanol–water partition coefficient (Wildman–Crippen LogP) is 5.70. The molecule has 0 saturated carbocycles. The van der Waals surface area contributed by atoms with Crippen LogP contribution in [0.4, 0.5) is 8.63 Å². The SMILES string of the molecule is CC1=CC(C)=[N+]2C1Cc1ccc(CCC(=O)NCCN3CCN(C/C=C/C(=O)N4CC(n5ccc6ncnc(Oc7ccc(Oc8ccccc8)cc7)c65)C4)CC3)n1[B-]2(F)F. The highest BCUT2D eigenvalue weighted by atomic mass is 19.2. The fraction of sp³-hybridized carbons (Fsp3) is 0.356. The summed E-state index contributed by atoms with van der Waals surface area (Å²) in [6.45, 7) is 6.17. The molecule has 1 unspecified atom stereocenters. The number of benzene rings is 2. The number of hydrogen-bond donors (Lipinski definition) is 1. The molecule has 0 radical (unpaired) electrons. The first-order chi connectivity index (χ1) is 29.6. The molecule has 4 aliphatic heterocycles. The minimum absolute atomic E-state index is 0.0136. The second kappa shape index (κ2) is 17.1. The van der Waals surface area contributed by atoms with Gasteiger partial charge in [0.05, 0.1) is 11.6 Å². The minimum Gasteiger partial charge on any atom is -0.457 e. The lowest BCUT2D eigenvalue weighted by molar-refractivity contribution is -0.459. The molecule has 0 bridgehead atoms. The van der Waals surface area contributed by atoms with Crippen molar-refractivity contribution in [3.05, 3.63) is 121 Å². The van der Waals surface area contributed by atoms with E-state index >= 15 is 8.63 Å². The predicted molar refractivity (Wildman–Crippen MR) is 230 cm³/mol. The number of hydrogen-bond acceptors (Lipinski definition) is 8. The number of nitrogens with zero attached hydrogens (tertiary/aromatic N) is 8. The quantitative estimate of drug-likeness (QED) is 0.112. The second-order valence-electron chi connectivity index (χ2n) is 16.3. The van der Waals surface area contributed by atoms with Gasteiger partial charge in [0.25, 0.3) is 0 Å². The molecule has 16 heteroatoms. The molecule has 4 aliphatic rings. The van der Waals surface area contributed by atoms with Gasteiger partial charge in [-0.15, -0.1) is 0 Å². The Hall–Kier alpha value is -6.13. The van der Waals surface area contributed by atoms with E-state index in [2.05, 4.69) is 29.7 Å². The number of fused-ring (bicyclic) bond motifs is 3. The Bertz CT molecular complexity index is 2510. The Morgan fingerprint density at radius 1 is 0.902 bits per heavy atom. The highest BCUT2D eigenvalue weighted by Crippen LogP contribution is 2.35. The van der Waals surface area contributed by atoms with E-state index in [-0.39, 0.29) is 36.7 Å². The van der Waals surface area contributed by atoms with Gasteiger partial charge in [0.15, 0.2) is 0 Å². The number of piperazine rings is 1. The van der Waals surface area contributed by atoms with Crippen LogP contribution in [0.5, 0.6) is 23.1 Å². The molecule has 2 fully saturated rings. The summed E-state index contributed by atoms with van der Waals surface area (Å²) in [6, 6.07) is 22.2. The fourth-order valence-electron chi connectivity index (χ4n) is 9.07. The molecule has 1 N–H and O–H groups in total. The molecule has 1 atom stereocenters. The van der Waals surface area contributed by atoms with Crippen LogP contribution in [0.25, 0.3) is 11.0 Å². The largest absolute Gasteiger partial charge is 0.732 e. The van der Waals surface area contributed by atoms with Crippen molar-refractivity contribution < 1.29 is 32.2 Å². The number of ether oxygens (including phenoxy) is 2. The molecule has 61 heavy (non-hydrogen) atoms. The summed E-state index contributed by atoms with van der Waals surface area (Å²) in [6.07, 6.45) is 9.89. The van der Waals surface area contributed by atoms with E-state index in [1.165, 1.54) is 15.3 Å². The molecule has 0 spiro atoms. The topological polar surface area (TPSA) is 113 Å². The van der Waals surface area contributed by atoms with Crippen molar-refractivity contribution in [1.29, 1.82) is 0 Å². The van der Waals surface area contributed by atoms with Gasteiger partial charge in [-0.2, -0.15) is 4.98 Å². The Kier molecular flexibility index (Phi) is 11.3. The van der Waals surface area contributed by atoms with Crippen molar-refractivity contribution in [1.82, 2.24) is 39.0 Å². The van der Waals surface area contributed by atoms with Crippen molar-refractivity contribution in [2.45, 2.75) is 45.2 Å². The van der Waals surface area contributed by atoms with Crippen LogP contribution in [-0.4, -0.2) is 128 Å². The lowest BCUT2D eigenvalue weighted by Gasteiger charge is -2.40. The fourth-order valence-corrected chi connectivity index (χ4v) is 9.07. The lowest BCUT2D eigenvalue weighted by atomic mass is 9.85. The first-order valence-corrected chi connectivity index (χ1v) is 21.1. The van der Waals surface area contributed by atoms with Crippen LogP contribution in [0.2, 0.25) is 0 Å². The monoisotopic (exact) mass is 829 g/mol. The van der Waals surface area contributed by atoms with Crippen LogP contribution in [0.3, 0.4) is 0 Å². The number of para-hydroxylation sites is 1. The van der Waals surface area contributed by atoms with E-state index in [0.29, 0.717) is 67.1 Å².